The van der Waals surface area contributed by atoms with Crippen LogP contribution in [0.3, 0.4) is 0 Å². The van der Waals surface area contributed by atoms with E-state index >= 15 is 0 Å². The summed E-state index contributed by atoms with van der Waals surface area (Å²) in [6.45, 7) is 9.91. The molecular formula is C17H27N3O3. The van der Waals surface area contributed by atoms with Crippen molar-refractivity contribution in [3.05, 3.63) is 17.8 Å². The predicted molar refractivity (Wildman–Crippen MR) is 86.2 cm³/mol. The molecule has 1 amide bonds. The zero-order valence-corrected chi connectivity index (χ0v) is 14.2. The van der Waals surface area contributed by atoms with Crippen LogP contribution in [0.25, 0.3) is 0 Å². The Morgan fingerprint density at radius 2 is 2.09 bits per heavy atom. The van der Waals surface area contributed by atoms with Gasteiger partial charge in [0.15, 0.2) is 6.39 Å². The fourth-order valence-electron chi connectivity index (χ4n) is 3.79. The number of carbonyl (C=O) groups excluding carboxylic acids is 1. The Balaban J connectivity index is 1.66. The number of hydrogen-bond donors (Lipinski definition) is 1. The van der Waals surface area contributed by atoms with Crippen molar-refractivity contribution >= 4 is 5.91 Å². The Kier molecular flexibility index (Phi) is 5.02. The molecule has 0 radical (unpaired) electrons. The molecule has 3 rings (SSSR count). The second-order valence-electron chi connectivity index (χ2n) is 7.05. The van der Waals surface area contributed by atoms with Crippen LogP contribution in [-0.2, 0) is 4.74 Å². The van der Waals surface area contributed by atoms with Crippen LogP contribution in [0, 0.1) is 18.8 Å². The Morgan fingerprint density at radius 3 is 2.70 bits per heavy atom. The lowest BCUT2D eigenvalue weighted by Crippen LogP contribution is -2.43. The van der Waals surface area contributed by atoms with Crippen LogP contribution < -0.4 is 5.32 Å². The van der Waals surface area contributed by atoms with Gasteiger partial charge in [-0.25, -0.2) is 4.98 Å². The van der Waals surface area contributed by atoms with Crippen LogP contribution in [0.1, 0.15) is 42.9 Å². The molecule has 2 aliphatic rings. The van der Waals surface area contributed by atoms with E-state index in [4.69, 9.17) is 9.15 Å². The third-order valence-corrected chi connectivity index (χ3v) is 5.23. The first-order valence-electron chi connectivity index (χ1n) is 8.59. The highest BCUT2D eigenvalue weighted by molar-refractivity contribution is 5.92. The summed E-state index contributed by atoms with van der Waals surface area (Å²) >= 11 is 0. The van der Waals surface area contributed by atoms with Crippen molar-refractivity contribution in [1.29, 1.82) is 0 Å². The van der Waals surface area contributed by atoms with E-state index in [2.05, 4.69) is 29.0 Å². The van der Waals surface area contributed by atoms with Crippen molar-refractivity contribution in [2.75, 3.05) is 26.3 Å². The number of nitrogens with zero attached hydrogens (tertiary/aromatic N) is 2. The topological polar surface area (TPSA) is 67.6 Å². The smallest absolute Gasteiger partial charge is 0.289 e. The van der Waals surface area contributed by atoms with E-state index in [1.165, 1.54) is 6.39 Å². The van der Waals surface area contributed by atoms with E-state index < -0.39 is 0 Å². The van der Waals surface area contributed by atoms with Gasteiger partial charge in [-0.2, -0.15) is 0 Å². The monoisotopic (exact) mass is 321 g/mol. The standard InChI is InChI=1S/C17H27N3O3/c1-11(2)14-8-20(13-4-6-22-7-5-13)9-15(14)19-17(21)16-12(3)18-10-23-16/h10-11,13-15H,4-9H2,1-3H3,(H,19,21)/t14-,15+/m1/s1. The SMILES string of the molecule is Cc1ncoc1C(=O)N[C@H]1CN(C2CCOCC2)C[C@@H]1C(C)C. The first kappa shape index (κ1) is 16.5. The van der Waals surface area contributed by atoms with E-state index in [1.54, 1.807) is 6.92 Å². The summed E-state index contributed by atoms with van der Waals surface area (Å²) in [4.78, 5) is 19.0. The summed E-state index contributed by atoms with van der Waals surface area (Å²) in [6.07, 6.45) is 3.51. The molecule has 2 atom stereocenters. The molecule has 0 bridgehead atoms. The molecule has 0 spiro atoms. The van der Waals surface area contributed by atoms with Crippen LogP contribution in [-0.4, -0.2) is 54.2 Å². The highest BCUT2D eigenvalue weighted by atomic mass is 16.5. The largest absolute Gasteiger partial charge is 0.438 e. The molecule has 6 heteroatoms. The van der Waals surface area contributed by atoms with Gasteiger partial charge in [-0.15, -0.1) is 0 Å². The summed E-state index contributed by atoms with van der Waals surface area (Å²) in [5.74, 6) is 1.17. The molecule has 128 valence electrons. The first-order chi connectivity index (χ1) is 11.1. The van der Waals surface area contributed by atoms with Crippen molar-refractivity contribution in [2.24, 2.45) is 11.8 Å². The number of hydrogen-bond acceptors (Lipinski definition) is 5. The van der Waals surface area contributed by atoms with Gasteiger partial charge in [0, 0.05) is 38.4 Å². The van der Waals surface area contributed by atoms with Crippen LogP contribution in [0.15, 0.2) is 10.8 Å². The maximum absolute atomic E-state index is 12.5. The van der Waals surface area contributed by atoms with Crippen LogP contribution in [0.4, 0.5) is 0 Å². The number of amides is 1. The molecule has 23 heavy (non-hydrogen) atoms. The summed E-state index contributed by atoms with van der Waals surface area (Å²) < 4.78 is 10.7. The summed E-state index contributed by atoms with van der Waals surface area (Å²) in [5, 5.41) is 3.18. The van der Waals surface area contributed by atoms with Crippen molar-refractivity contribution < 1.29 is 13.9 Å². The van der Waals surface area contributed by atoms with Gasteiger partial charge < -0.3 is 14.5 Å². The van der Waals surface area contributed by atoms with Gasteiger partial charge in [-0.1, -0.05) is 13.8 Å². The molecule has 1 N–H and O–H groups in total. The zero-order valence-electron chi connectivity index (χ0n) is 14.2. The highest BCUT2D eigenvalue weighted by Crippen LogP contribution is 2.29. The van der Waals surface area contributed by atoms with Gasteiger partial charge in [0.05, 0.1) is 5.69 Å². The number of rotatable bonds is 4. The van der Waals surface area contributed by atoms with Crippen LogP contribution >= 0.6 is 0 Å². The van der Waals surface area contributed by atoms with Gasteiger partial charge in [0.2, 0.25) is 5.76 Å². The van der Waals surface area contributed by atoms with Gasteiger partial charge in [0.25, 0.3) is 5.91 Å². The van der Waals surface area contributed by atoms with E-state index in [1.807, 2.05) is 0 Å². The number of nitrogens with one attached hydrogen (secondary N) is 1. The minimum Gasteiger partial charge on any atom is -0.438 e. The minimum atomic E-state index is -0.149. The summed E-state index contributed by atoms with van der Waals surface area (Å²) in [6, 6.07) is 0.744. The quantitative estimate of drug-likeness (QED) is 0.916. The maximum atomic E-state index is 12.5. The number of aromatic nitrogens is 1. The average Bonchev–Trinajstić information content (AvgIpc) is 3.14. The van der Waals surface area contributed by atoms with Crippen molar-refractivity contribution in [1.82, 2.24) is 15.2 Å². The normalized spacial score (nSPS) is 26.8. The van der Waals surface area contributed by atoms with Crippen LogP contribution in [0.2, 0.25) is 0 Å². The fourth-order valence-corrected chi connectivity index (χ4v) is 3.79. The molecule has 0 unspecified atom stereocenters. The van der Waals surface area contributed by atoms with E-state index in [9.17, 15) is 4.79 Å². The molecular weight excluding hydrogens is 294 g/mol. The number of oxazole rings is 1. The molecule has 0 saturated carbocycles. The third kappa shape index (κ3) is 3.58. The Bertz CT molecular complexity index is 537. The van der Waals surface area contributed by atoms with Crippen molar-refractivity contribution in [3.8, 4) is 0 Å². The van der Waals surface area contributed by atoms with Gasteiger partial charge in [0.1, 0.15) is 0 Å². The fraction of sp³-hybridized carbons (Fsp3) is 0.765. The molecule has 0 aliphatic carbocycles. The highest BCUT2D eigenvalue weighted by Gasteiger charge is 2.39. The summed E-state index contributed by atoms with van der Waals surface area (Å²) in [5.41, 5.74) is 0.642. The number of aryl methyl sites for hydroxylation is 1. The number of likely N-dealkylation sites (tertiary alicyclic amines) is 1. The third-order valence-electron chi connectivity index (χ3n) is 5.23. The lowest BCUT2D eigenvalue weighted by atomic mass is 9.91. The molecule has 1 aromatic rings. The second-order valence-corrected chi connectivity index (χ2v) is 7.05. The summed E-state index contributed by atoms with van der Waals surface area (Å²) in [7, 11) is 0. The number of ether oxygens (including phenoxy) is 1. The molecule has 1 aromatic heterocycles. The number of carbonyl (C=O) groups is 1. The van der Waals surface area contributed by atoms with Gasteiger partial charge in [-0.05, 0) is 31.6 Å². The van der Waals surface area contributed by atoms with Gasteiger partial charge >= 0.3 is 0 Å². The molecule has 2 fully saturated rings. The minimum absolute atomic E-state index is 0.149. The van der Waals surface area contributed by atoms with E-state index in [0.717, 1.165) is 39.1 Å². The molecule has 2 aliphatic heterocycles. The van der Waals surface area contributed by atoms with E-state index in [-0.39, 0.29) is 11.9 Å². The van der Waals surface area contributed by atoms with Crippen molar-refractivity contribution in [3.63, 3.8) is 0 Å². The molecule has 6 nitrogen and oxygen atoms in total. The first-order valence-corrected chi connectivity index (χ1v) is 8.59. The maximum Gasteiger partial charge on any atom is 0.289 e. The second kappa shape index (κ2) is 7.01. The Hall–Kier alpha value is -1.40. The lowest BCUT2D eigenvalue weighted by Gasteiger charge is -2.31. The average molecular weight is 321 g/mol. The molecule has 3 heterocycles. The zero-order chi connectivity index (χ0) is 16.4. The molecule has 2 saturated heterocycles. The lowest BCUT2D eigenvalue weighted by molar-refractivity contribution is 0.0401. The Labute approximate surface area is 137 Å². The van der Waals surface area contributed by atoms with Crippen LogP contribution in [0.5, 0.6) is 0 Å². The van der Waals surface area contributed by atoms with E-state index in [0.29, 0.717) is 29.3 Å². The predicted octanol–water partition coefficient (Wildman–Crippen LogP) is 1.85. The van der Waals surface area contributed by atoms with Gasteiger partial charge in [-0.3, -0.25) is 9.69 Å². The molecule has 0 aromatic carbocycles. The van der Waals surface area contributed by atoms with Crippen molar-refractivity contribution in [2.45, 2.75) is 45.7 Å². The Morgan fingerprint density at radius 1 is 1.35 bits per heavy atom.